The molecular weight excluding hydrogens is 277 g/mol. The fourth-order valence-corrected chi connectivity index (χ4v) is 1.46. The van der Waals surface area contributed by atoms with Crippen LogP contribution in [0.2, 0.25) is 0 Å². The number of aromatic amines is 1. The lowest BCUT2D eigenvalue weighted by Crippen LogP contribution is -2.09. The Hall–Kier alpha value is -1.69. The molecule has 1 aromatic heterocycles. The highest BCUT2D eigenvalue weighted by Crippen LogP contribution is 2.19. The zero-order chi connectivity index (χ0) is 11.5. The van der Waals surface area contributed by atoms with E-state index in [1.54, 1.807) is 12.1 Å². The van der Waals surface area contributed by atoms with Gasteiger partial charge in [-0.15, -0.1) is 0 Å². The number of nitrogens with one attached hydrogen (secondary N) is 2. The van der Waals surface area contributed by atoms with Crippen LogP contribution in [0.4, 0.5) is 15.9 Å². The van der Waals surface area contributed by atoms with Gasteiger partial charge < -0.3 is 10.3 Å². The number of rotatable bonds is 2. The summed E-state index contributed by atoms with van der Waals surface area (Å²) in [5, 5.41) is 2.90. The monoisotopic (exact) mass is 283 g/mol. The number of aromatic nitrogens is 2. The second-order valence-electron chi connectivity index (χ2n) is 3.03. The summed E-state index contributed by atoms with van der Waals surface area (Å²) in [5.74, 6) is 0.0684. The molecule has 0 fully saturated rings. The third-order valence-electron chi connectivity index (χ3n) is 1.90. The van der Waals surface area contributed by atoms with Crippen molar-refractivity contribution in [2.75, 3.05) is 5.32 Å². The summed E-state index contributed by atoms with van der Waals surface area (Å²) in [6.45, 7) is 0. The zero-order valence-electron chi connectivity index (χ0n) is 8.00. The Morgan fingerprint density at radius 1 is 1.31 bits per heavy atom. The van der Waals surface area contributed by atoms with Crippen LogP contribution in [0.5, 0.6) is 0 Å². The van der Waals surface area contributed by atoms with Crippen molar-refractivity contribution in [3.05, 3.63) is 51.2 Å². The van der Waals surface area contributed by atoms with Crippen molar-refractivity contribution in [3.63, 3.8) is 0 Å². The molecule has 0 amide bonds. The summed E-state index contributed by atoms with van der Waals surface area (Å²) in [5.41, 5.74) is 0.375. The Balaban J connectivity index is 2.30. The molecule has 0 saturated heterocycles. The van der Waals surface area contributed by atoms with Crippen LogP contribution in [0.15, 0.2) is 39.9 Å². The molecule has 2 aromatic rings. The summed E-state index contributed by atoms with van der Waals surface area (Å²) in [4.78, 5) is 17.6. The Morgan fingerprint density at radius 2 is 2.00 bits per heavy atom. The van der Waals surface area contributed by atoms with E-state index in [-0.39, 0.29) is 11.4 Å². The largest absolute Gasteiger partial charge is 0.339 e. The third-order valence-corrected chi connectivity index (χ3v) is 2.64. The Bertz CT molecular complexity index is 553. The number of hydrogen-bond acceptors (Lipinski definition) is 3. The maximum absolute atomic E-state index is 12.7. The molecule has 1 aromatic carbocycles. The molecule has 82 valence electrons. The molecule has 16 heavy (non-hydrogen) atoms. The predicted octanol–water partition coefficient (Wildman–Crippen LogP) is 2.42. The topological polar surface area (TPSA) is 57.8 Å². The lowest BCUT2D eigenvalue weighted by molar-refractivity contribution is 0.628. The van der Waals surface area contributed by atoms with Crippen LogP contribution in [-0.4, -0.2) is 9.97 Å². The van der Waals surface area contributed by atoms with Gasteiger partial charge in [-0.3, -0.25) is 4.79 Å². The first-order valence-corrected chi connectivity index (χ1v) is 5.22. The molecule has 2 N–H and O–H groups in total. The molecule has 0 atom stereocenters. The quantitative estimate of drug-likeness (QED) is 0.890. The van der Waals surface area contributed by atoms with E-state index in [9.17, 15) is 9.18 Å². The van der Waals surface area contributed by atoms with Crippen molar-refractivity contribution in [2.45, 2.75) is 0 Å². The minimum atomic E-state index is -0.316. The molecule has 0 aliphatic carbocycles. The van der Waals surface area contributed by atoms with E-state index in [0.29, 0.717) is 16.0 Å². The molecule has 0 spiro atoms. The number of anilines is 2. The molecule has 0 radical (unpaired) electrons. The zero-order valence-corrected chi connectivity index (χ0v) is 9.58. The highest BCUT2D eigenvalue weighted by atomic mass is 79.9. The number of benzene rings is 1. The normalized spacial score (nSPS) is 10.1. The van der Waals surface area contributed by atoms with Crippen LogP contribution in [0, 0.1) is 5.82 Å². The fourth-order valence-electron chi connectivity index (χ4n) is 1.14. The van der Waals surface area contributed by atoms with Crippen LogP contribution < -0.4 is 10.9 Å². The molecule has 2 rings (SSSR count). The average molecular weight is 284 g/mol. The summed E-state index contributed by atoms with van der Waals surface area (Å²) in [6, 6.07) is 5.77. The van der Waals surface area contributed by atoms with Gasteiger partial charge in [-0.25, -0.2) is 9.37 Å². The van der Waals surface area contributed by atoms with Crippen molar-refractivity contribution in [2.24, 2.45) is 0 Å². The number of hydrogen-bond donors (Lipinski definition) is 2. The van der Waals surface area contributed by atoms with Crippen molar-refractivity contribution in [3.8, 4) is 0 Å². The first-order valence-electron chi connectivity index (χ1n) is 4.42. The number of halogens is 2. The summed E-state index contributed by atoms with van der Waals surface area (Å²) in [6.07, 6.45) is 1.29. The highest BCUT2D eigenvalue weighted by molar-refractivity contribution is 9.10. The van der Waals surface area contributed by atoms with Gasteiger partial charge in [0.1, 0.15) is 10.3 Å². The van der Waals surface area contributed by atoms with Crippen LogP contribution in [0.1, 0.15) is 0 Å². The standard InChI is InChI=1S/C10H7BrFN3O/c11-8-9(13-5-14-10(8)16)15-7-3-1-6(12)2-4-7/h1-5H,(H2,13,14,15,16). The van der Waals surface area contributed by atoms with Gasteiger partial charge in [-0.2, -0.15) is 0 Å². The van der Waals surface area contributed by atoms with E-state index in [4.69, 9.17) is 0 Å². The molecule has 0 saturated carbocycles. The van der Waals surface area contributed by atoms with Crippen molar-refractivity contribution < 1.29 is 4.39 Å². The minimum absolute atomic E-state index is 0.278. The van der Waals surface area contributed by atoms with Crippen molar-refractivity contribution >= 4 is 27.4 Å². The van der Waals surface area contributed by atoms with E-state index in [2.05, 4.69) is 31.2 Å². The van der Waals surface area contributed by atoms with Gasteiger partial charge in [0, 0.05) is 5.69 Å². The summed E-state index contributed by atoms with van der Waals surface area (Å²) in [7, 11) is 0. The van der Waals surface area contributed by atoms with Crippen LogP contribution in [0.25, 0.3) is 0 Å². The number of nitrogens with zero attached hydrogens (tertiary/aromatic N) is 1. The van der Waals surface area contributed by atoms with Gasteiger partial charge in [0.25, 0.3) is 5.56 Å². The minimum Gasteiger partial charge on any atom is -0.339 e. The van der Waals surface area contributed by atoms with Crippen LogP contribution in [-0.2, 0) is 0 Å². The smallest absolute Gasteiger partial charge is 0.267 e. The molecule has 0 aliphatic heterocycles. The number of H-pyrrole nitrogens is 1. The summed E-state index contributed by atoms with van der Waals surface area (Å²) < 4.78 is 13.0. The van der Waals surface area contributed by atoms with E-state index in [1.165, 1.54) is 18.5 Å². The van der Waals surface area contributed by atoms with Gasteiger partial charge >= 0.3 is 0 Å². The van der Waals surface area contributed by atoms with Crippen LogP contribution >= 0.6 is 15.9 Å². The van der Waals surface area contributed by atoms with Gasteiger partial charge in [-0.1, -0.05) is 0 Å². The fraction of sp³-hybridized carbons (Fsp3) is 0. The third kappa shape index (κ3) is 2.27. The van der Waals surface area contributed by atoms with Crippen molar-refractivity contribution in [1.29, 1.82) is 0 Å². The maximum atomic E-state index is 12.7. The lowest BCUT2D eigenvalue weighted by atomic mass is 10.3. The molecular formula is C10H7BrFN3O. The Labute approximate surface area is 98.7 Å². The molecule has 0 bridgehead atoms. The molecule has 6 heteroatoms. The van der Waals surface area contributed by atoms with E-state index >= 15 is 0 Å². The van der Waals surface area contributed by atoms with Gasteiger partial charge in [0.15, 0.2) is 5.82 Å². The van der Waals surface area contributed by atoms with Crippen LogP contribution in [0.3, 0.4) is 0 Å². The van der Waals surface area contributed by atoms with Gasteiger partial charge in [0.05, 0.1) is 6.33 Å². The van der Waals surface area contributed by atoms with E-state index in [1.807, 2.05) is 0 Å². The van der Waals surface area contributed by atoms with Gasteiger partial charge in [-0.05, 0) is 40.2 Å². The van der Waals surface area contributed by atoms with E-state index < -0.39 is 0 Å². The molecule has 0 aliphatic rings. The predicted molar refractivity (Wildman–Crippen MR) is 62.2 cm³/mol. The average Bonchev–Trinajstić information content (AvgIpc) is 2.28. The SMILES string of the molecule is O=c1[nH]cnc(Nc2ccc(F)cc2)c1Br. The highest BCUT2D eigenvalue weighted by Gasteiger charge is 2.04. The first kappa shape index (κ1) is 10.8. The molecule has 0 unspecified atom stereocenters. The summed E-state index contributed by atoms with van der Waals surface area (Å²) >= 11 is 3.11. The second-order valence-corrected chi connectivity index (χ2v) is 3.82. The lowest BCUT2D eigenvalue weighted by Gasteiger charge is -2.05. The first-order chi connectivity index (χ1) is 7.66. The molecule has 4 nitrogen and oxygen atoms in total. The van der Waals surface area contributed by atoms with Gasteiger partial charge in [0.2, 0.25) is 0 Å². The van der Waals surface area contributed by atoms with Crippen molar-refractivity contribution in [1.82, 2.24) is 9.97 Å². The van der Waals surface area contributed by atoms with E-state index in [0.717, 1.165) is 0 Å². The maximum Gasteiger partial charge on any atom is 0.267 e. The molecule has 1 heterocycles. The second kappa shape index (κ2) is 4.44. The Morgan fingerprint density at radius 3 is 2.69 bits per heavy atom. The Kier molecular flexibility index (Phi) is 3.00.